The lowest BCUT2D eigenvalue weighted by molar-refractivity contribution is -0.130. The van der Waals surface area contributed by atoms with Gasteiger partial charge < -0.3 is 14.8 Å². The molecule has 3 heterocycles. The second-order valence-corrected chi connectivity index (χ2v) is 9.20. The van der Waals surface area contributed by atoms with E-state index < -0.39 is 0 Å². The first-order valence-corrected chi connectivity index (χ1v) is 10.5. The molecule has 1 amide bonds. The maximum atomic E-state index is 12.9. The van der Waals surface area contributed by atoms with Crippen molar-refractivity contribution in [3.8, 4) is 0 Å². The Morgan fingerprint density at radius 1 is 1.26 bits per heavy atom. The second-order valence-electron chi connectivity index (χ2n) is 9.20. The summed E-state index contributed by atoms with van der Waals surface area (Å²) in [5.41, 5.74) is 3.43. The standard InChI is InChI=1S/C22H30N4O/c1-16-23-19-6-5-18(11-20(19)24-16)12-21(27)26-10-8-22(15-26)7-2-9-25(14-22)13-17-3-4-17/h5-6,11,17H,2-4,7-10,12-15H2,1H3,(H,23,24). The Kier molecular flexibility index (Phi) is 4.23. The summed E-state index contributed by atoms with van der Waals surface area (Å²) in [6.07, 6.45) is 7.11. The van der Waals surface area contributed by atoms with E-state index in [0.717, 1.165) is 41.4 Å². The average Bonchev–Trinajstić information content (AvgIpc) is 3.23. The van der Waals surface area contributed by atoms with Crippen molar-refractivity contribution in [2.45, 2.75) is 45.4 Å². The van der Waals surface area contributed by atoms with Crippen LogP contribution in [0.3, 0.4) is 0 Å². The highest BCUT2D eigenvalue weighted by Crippen LogP contribution is 2.40. The van der Waals surface area contributed by atoms with Crippen molar-refractivity contribution in [3.63, 3.8) is 0 Å². The quantitative estimate of drug-likeness (QED) is 0.904. The van der Waals surface area contributed by atoms with Gasteiger partial charge in [0.25, 0.3) is 0 Å². The molecular formula is C22H30N4O. The number of likely N-dealkylation sites (tertiary alicyclic amines) is 2. The lowest BCUT2D eigenvalue weighted by Crippen LogP contribution is -2.46. The first-order chi connectivity index (χ1) is 13.1. The van der Waals surface area contributed by atoms with Crippen molar-refractivity contribution in [1.29, 1.82) is 0 Å². The summed E-state index contributed by atoms with van der Waals surface area (Å²) in [6, 6.07) is 6.14. The zero-order chi connectivity index (χ0) is 18.4. The van der Waals surface area contributed by atoms with E-state index in [0.29, 0.717) is 11.8 Å². The number of aromatic amines is 1. The predicted octanol–water partition coefficient (Wildman–Crippen LogP) is 3.14. The van der Waals surface area contributed by atoms with E-state index in [1.165, 1.54) is 51.7 Å². The molecule has 1 unspecified atom stereocenters. The number of amides is 1. The van der Waals surface area contributed by atoms with Crippen LogP contribution in [0.1, 0.15) is 43.5 Å². The largest absolute Gasteiger partial charge is 0.342 e. The Bertz CT molecular complexity index is 855. The predicted molar refractivity (Wildman–Crippen MR) is 107 cm³/mol. The summed E-state index contributed by atoms with van der Waals surface area (Å²) in [6.45, 7) is 7.60. The highest BCUT2D eigenvalue weighted by atomic mass is 16.2. The summed E-state index contributed by atoms with van der Waals surface area (Å²) >= 11 is 0. The Balaban J connectivity index is 1.22. The lowest BCUT2D eigenvalue weighted by atomic mass is 9.79. The molecule has 1 aliphatic carbocycles. The number of aromatic nitrogens is 2. The van der Waals surface area contributed by atoms with Crippen molar-refractivity contribution >= 4 is 16.9 Å². The number of hydrogen-bond acceptors (Lipinski definition) is 3. The number of imidazole rings is 1. The number of nitrogens with one attached hydrogen (secondary N) is 1. The number of piperidine rings is 1. The maximum Gasteiger partial charge on any atom is 0.227 e. The minimum Gasteiger partial charge on any atom is -0.342 e. The molecule has 3 aliphatic rings. The average molecular weight is 367 g/mol. The van der Waals surface area contributed by atoms with Crippen molar-refractivity contribution in [3.05, 3.63) is 29.6 Å². The van der Waals surface area contributed by atoms with E-state index in [9.17, 15) is 4.79 Å². The molecular weight excluding hydrogens is 336 g/mol. The fraction of sp³-hybridized carbons (Fsp3) is 0.636. The third-order valence-electron chi connectivity index (χ3n) is 6.76. The monoisotopic (exact) mass is 366 g/mol. The molecule has 2 saturated heterocycles. The van der Waals surface area contributed by atoms with Crippen LogP contribution in [0.4, 0.5) is 0 Å². The van der Waals surface area contributed by atoms with Crippen LogP contribution < -0.4 is 0 Å². The highest BCUT2D eigenvalue weighted by Gasteiger charge is 2.43. The Morgan fingerprint density at radius 2 is 2.15 bits per heavy atom. The minimum atomic E-state index is 0.279. The number of benzene rings is 1. The number of aryl methyl sites for hydroxylation is 1. The molecule has 2 aliphatic heterocycles. The van der Waals surface area contributed by atoms with Gasteiger partial charge in [0.2, 0.25) is 5.91 Å². The van der Waals surface area contributed by atoms with Crippen LogP contribution in [0.5, 0.6) is 0 Å². The molecule has 5 heteroatoms. The smallest absolute Gasteiger partial charge is 0.227 e. The van der Waals surface area contributed by atoms with E-state index in [-0.39, 0.29) is 5.91 Å². The Hall–Kier alpha value is -1.88. The Labute approximate surface area is 161 Å². The zero-order valence-corrected chi connectivity index (χ0v) is 16.3. The van der Waals surface area contributed by atoms with Gasteiger partial charge in [0, 0.05) is 31.6 Å². The topological polar surface area (TPSA) is 52.2 Å². The van der Waals surface area contributed by atoms with E-state index in [1.807, 2.05) is 19.1 Å². The molecule has 3 fully saturated rings. The van der Waals surface area contributed by atoms with Gasteiger partial charge in [0.05, 0.1) is 17.5 Å². The molecule has 0 radical (unpaired) electrons. The number of carbonyl (C=O) groups excluding carboxylic acids is 1. The molecule has 5 rings (SSSR count). The SMILES string of the molecule is Cc1nc2ccc(CC(=O)N3CCC4(CCCN(CC5CC5)C4)C3)cc2[nH]1. The zero-order valence-electron chi connectivity index (χ0n) is 16.3. The maximum absolute atomic E-state index is 12.9. The van der Waals surface area contributed by atoms with E-state index in [4.69, 9.17) is 0 Å². The third-order valence-corrected chi connectivity index (χ3v) is 6.76. The van der Waals surface area contributed by atoms with Gasteiger partial charge in [-0.3, -0.25) is 4.79 Å². The third kappa shape index (κ3) is 3.62. The van der Waals surface area contributed by atoms with Gasteiger partial charge in [-0.15, -0.1) is 0 Å². The summed E-state index contributed by atoms with van der Waals surface area (Å²) in [4.78, 5) is 25.5. The van der Waals surface area contributed by atoms with Crippen molar-refractivity contribution in [2.24, 2.45) is 11.3 Å². The van der Waals surface area contributed by atoms with Crippen LogP contribution >= 0.6 is 0 Å². The second kappa shape index (κ2) is 6.62. The molecule has 1 aromatic heterocycles. The Morgan fingerprint density at radius 3 is 3.00 bits per heavy atom. The van der Waals surface area contributed by atoms with Crippen molar-refractivity contribution in [1.82, 2.24) is 19.8 Å². The van der Waals surface area contributed by atoms with Gasteiger partial charge in [-0.2, -0.15) is 0 Å². The van der Waals surface area contributed by atoms with Crippen molar-refractivity contribution < 1.29 is 4.79 Å². The molecule has 1 spiro atoms. The van der Waals surface area contributed by atoms with Gasteiger partial charge in [-0.05, 0) is 69.2 Å². The van der Waals surface area contributed by atoms with Crippen LogP contribution in [0, 0.1) is 18.3 Å². The van der Waals surface area contributed by atoms with E-state index in [2.05, 4.69) is 25.8 Å². The molecule has 2 aromatic rings. The molecule has 5 nitrogen and oxygen atoms in total. The fourth-order valence-electron chi connectivity index (χ4n) is 5.19. The van der Waals surface area contributed by atoms with Gasteiger partial charge in [-0.25, -0.2) is 4.98 Å². The van der Waals surface area contributed by atoms with Gasteiger partial charge >= 0.3 is 0 Å². The number of fused-ring (bicyclic) bond motifs is 1. The number of hydrogen-bond donors (Lipinski definition) is 1. The van der Waals surface area contributed by atoms with E-state index in [1.54, 1.807) is 0 Å². The molecule has 144 valence electrons. The summed E-state index contributed by atoms with van der Waals surface area (Å²) in [5.74, 6) is 2.16. The first-order valence-electron chi connectivity index (χ1n) is 10.5. The van der Waals surface area contributed by atoms with Crippen LogP contribution in [0.25, 0.3) is 11.0 Å². The number of carbonyl (C=O) groups is 1. The molecule has 1 atom stereocenters. The lowest BCUT2D eigenvalue weighted by Gasteiger charge is -2.40. The van der Waals surface area contributed by atoms with Crippen LogP contribution in [0.2, 0.25) is 0 Å². The summed E-state index contributed by atoms with van der Waals surface area (Å²) < 4.78 is 0. The fourth-order valence-corrected chi connectivity index (χ4v) is 5.19. The molecule has 1 aromatic carbocycles. The van der Waals surface area contributed by atoms with Crippen LogP contribution in [0.15, 0.2) is 18.2 Å². The van der Waals surface area contributed by atoms with Gasteiger partial charge in [0.15, 0.2) is 0 Å². The van der Waals surface area contributed by atoms with Gasteiger partial charge in [0.1, 0.15) is 5.82 Å². The molecule has 1 N–H and O–H groups in total. The number of rotatable bonds is 4. The summed E-state index contributed by atoms with van der Waals surface area (Å²) in [5, 5.41) is 0. The molecule has 27 heavy (non-hydrogen) atoms. The van der Waals surface area contributed by atoms with Crippen LogP contribution in [-0.2, 0) is 11.2 Å². The number of nitrogens with zero attached hydrogens (tertiary/aromatic N) is 3. The van der Waals surface area contributed by atoms with Crippen LogP contribution in [-0.4, -0.2) is 58.4 Å². The van der Waals surface area contributed by atoms with E-state index >= 15 is 0 Å². The van der Waals surface area contributed by atoms with Gasteiger partial charge in [-0.1, -0.05) is 6.07 Å². The molecule has 1 saturated carbocycles. The normalized spacial score (nSPS) is 26.3. The highest BCUT2D eigenvalue weighted by molar-refractivity contribution is 5.82. The number of H-pyrrole nitrogens is 1. The van der Waals surface area contributed by atoms with Crippen molar-refractivity contribution in [2.75, 3.05) is 32.7 Å². The molecule has 0 bridgehead atoms. The first kappa shape index (κ1) is 17.2. The summed E-state index contributed by atoms with van der Waals surface area (Å²) in [7, 11) is 0. The minimum absolute atomic E-state index is 0.279.